The second-order valence-electron chi connectivity index (χ2n) is 15.6. The van der Waals surface area contributed by atoms with Crippen LogP contribution in [-0.2, 0) is 5.41 Å². The molecule has 0 bridgehead atoms. The van der Waals surface area contributed by atoms with E-state index in [1.807, 2.05) is 6.07 Å². The van der Waals surface area contributed by atoms with E-state index >= 15 is 0 Å². The van der Waals surface area contributed by atoms with Crippen LogP contribution >= 0.6 is 0 Å². The maximum Gasteiger partial charge on any atom is 0.161 e. The van der Waals surface area contributed by atoms with Crippen molar-refractivity contribution in [1.82, 2.24) is 15.0 Å². The lowest BCUT2D eigenvalue weighted by Gasteiger charge is -2.22. The van der Waals surface area contributed by atoms with E-state index in [1.165, 1.54) is 27.6 Å². The summed E-state index contributed by atoms with van der Waals surface area (Å²) in [5.74, 6) is 0.690. The highest BCUT2D eigenvalue weighted by molar-refractivity contribution is 6.06. The van der Waals surface area contributed by atoms with Crippen LogP contribution < -0.4 is 0 Å². The van der Waals surface area contributed by atoms with Gasteiger partial charge >= 0.3 is 0 Å². The first-order valence-corrected chi connectivity index (χ1v) is 19.6. The van der Waals surface area contributed by atoms with E-state index in [-0.39, 0.29) is 5.41 Å². The molecule has 3 heteroatoms. The van der Waals surface area contributed by atoms with E-state index in [1.54, 1.807) is 0 Å². The van der Waals surface area contributed by atoms with Gasteiger partial charge in [0.1, 0.15) is 0 Å². The van der Waals surface area contributed by atoms with Crippen molar-refractivity contribution in [2.45, 2.75) is 19.3 Å². The van der Waals surface area contributed by atoms with E-state index in [9.17, 15) is 0 Å². The molecule has 0 saturated heterocycles. The predicted octanol–water partition coefficient (Wildman–Crippen LogP) is 14.0. The number of hydrogen-bond acceptors (Lipinski definition) is 3. The zero-order valence-corrected chi connectivity index (χ0v) is 31.7. The van der Waals surface area contributed by atoms with Gasteiger partial charge in [-0.25, -0.2) is 15.0 Å². The Morgan fingerprint density at radius 3 is 1.70 bits per heavy atom. The monoisotopic (exact) mass is 727 g/mol. The first-order chi connectivity index (χ1) is 28.0. The number of pyridine rings is 1. The molecule has 2 heterocycles. The van der Waals surface area contributed by atoms with Gasteiger partial charge in [-0.2, -0.15) is 0 Å². The minimum Gasteiger partial charge on any atom is -0.248 e. The molecule has 0 unspecified atom stereocenters. The van der Waals surface area contributed by atoms with Crippen molar-refractivity contribution in [3.05, 3.63) is 199 Å². The van der Waals surface area contributed by atoms with Gasteiger partial charge in [-0.15, -0.1) is 0 Å². The topological polar surface area (TPSA) is 38.7 Å². The molecule has 0 aliphatic heterocycles. The van der Waals surface area contributed by atoms with Crippen molar-refractivity contribution >= 4 is 32.4 Å². The second kappa shape index (κ2) is 12.9. The summed E-state index contributed by atoms with van der Waals surface area (Å²) in [6.07, 6.45) is 0. The summed E-state index contributed by atoms with van der Waals surface area (Å²) in [5, 5.41) is 5.70. The molecule has 0 atom stereocenters. The lowest BCUT2D eigenvalue weighted by Crippen LogP contribution is -2.14. The van der Waals surface area contributed by atoms with Gasteiger partial charge in [0.05, 0.1) is 22.6 Å². The lowest BCUT2D eigenvalue weighted by molar-refractivity contribution is 0.661. The Hall–Kier alpha value is -7.23. The predicted molar refractivity (Wildman–Crippen MR) is 237 cm³/mol. The molecule has 1 aliphatic carbocycles. The molecule has 0 fully saturated rings. The van der Waals surface area contributed by atoms with Gasteiger partial charge in [-0.05, 0) is 91.3 Å². The SMILES string of the molecule is CC1(C)c2ccccc2-c2cc3c(-c4cc(-c5nc(-c6ccccc6)cc(-c6cccc7ccccc67)n5)c5ccccc5c4)cc(-c4ccccc4)nc3cc21. The third-order valence-electron chi connectivity index (χ3n) is 11.9. The number of fused-ring (bicyclic) bond motifs is 6. The smallest absolute Gasteiger partial charge is 0.161 e. The maximum absolute atomic E-state index is 5.43. The Morgan fingerprint density at radius 2 is 0.930 bits per heavy atom. The van der Waals surface area contributed by atoms with Crippen LogP contribution in [0.3, 0.4) is 0 Å². The van der Waals surface area contributed by atoms with Crippen LogP contribution in [-0.4, -0.2) is 15.0 Å². The number of nitrogens with zero attached hydrogens (tertiary/aromatic N) is 3. The molecule has 57 heavy (non-hydrogen) atoms. The van der Waals surface area contributed by atoms with Crippen molar-refractivity contribution < 1.29 is 0 Å². The first-order valence-electron chi connectivity index (χ1n) is 19.6. The molecule has 0 saturated carbocycles. The molecule has 0 N–H and O–H groups in total. The Morgan fingerprint density at radius 1 is 0.333 bits per heavy atom. The van der Waals surface area contributed by atoms with E-state index in [2.05, 4.69) is 196 Å². The lowest BCUT2D eigenvalue weighted by atomic mass is 9.82. The van der Waals surface area contributed by atoms with Gasteiger partial charge in [0.2, 0.25) is 0 Å². The Balaban J connectivity index is 1.20. The van der Waals surface area contributed by atoms with E-state index < -0.39 is 0 Å². The molecule has 3 nitrogen and oxygen atoms in total. The summed E-state index contributed by atoms with van der Waals surface area (Å²) in [6.45, 7) is 4.66. The van der Waals surface area contributed by atoms with E-state index in [0.29, 0.717) is 5.82 Å². The van der Waals surface area contributed by atoms with Crippen LogP contribution in [0.2, 0.25) is 0 Å². The van der Waals surface area contributed by atoms with E-state index in [0.717, 1.165) is 77.5 Å². The average molecular weight is 728 g/mol. The summed E-state index contributed by atoms with van der Waals surface area (Å²) in [6, 6.07) is 67.1. The van der Waals surface area contributed by atoms with Gasteiger partial charge in [0.25, 0.3) is 0 Å². The Labute approximate surface area is 332 Å². The molecular formula is C54H37N3. The van der Waals surface area contributed by atoms with Crippen molar-refractivity contribution in [1.29, 1.82) is 0 Å². The van der Waals surface area contributed by atoms with Crippen molar-refractivity contribution in [2.24, 2.45) is 0 Å². The fraction of sp³-hybridized carbons (Fsp3) is 0.0556. The van der Waals surface area contributed by atoms with E-state index in [4.69, 9.17) is 15.0 Å². The number of aromatic nitrogens is 3. The highest BCUT2D eigenvalue weighted by Crippen LogP contribution is 2.51. The van der Waals surface area contributed by atoms with Crippen molar-refractivity contribution in [3.63, 3.8) is 0 Å². The molecule has 268 valence electrons. The molecule has 1 aliphatic rings. The quantitative estimate of drug-likeness (QED) is 0.177. The molecule has 8 aromatic carbocycles. The zero-order chi connectivity index (χ0) is 38.1. The molecular weight excluding hydrogens is 691 g/mol. The first kappa shape index (κ1) is 33.1. The van der Waals surface area contributed by atoms with Gasteiger partial charge in [0, 0.05) is 33.1 Å². The minimum absolute atomic E-state index is 0.135. The van der Waals surface area contributed by atoms with Crippen molar-refractivity contribution in [3.8, 4) is 67.4 Å². The Kier molecular flexibility index (Phi) is 7.52. The highest BCUT2D eigenvalue weighted by atomic mass is 14.9. The molecule has 0 amide bonds. The highest BCUT2D eigenvalue weighted by Gasteiger charge is 2.36. The standard InChI is InChI=1S/C54H37N3/c1-54(2)47-27-14-13-25-41(47)44-30-45-43(31-49(35-17-5-3-6-18-35)55-51(45)32-48(44)54)38-28-37-21-10-12-24-40(37)46(29-38)53-56-50(36-19-7-4-8-20-36)33-52(57-53)42-26-15-22-34-16-9-11-23-39(34)42/h3-33H,1-2H3. The van der Waals surface area contributed by atoms with Gasteiger partial charge in [-0.1, -0.05) is 166 Å². The summed E-state index contributed by atoms with van der Waals surface area (Å²) in [4.78, 5) is 16.2. The summed E-state index contributed by atoms with van der Waals surface area (Å²) in [5.41, 5.74) is 15.2. The summed E-state index contributed by atoms with van der Waals surface area (Å²) >= 11 is 0. The largest absolute Gasteiger partial charge is 0.248 e. The normalized spacial score (nSPS) is 12.9. The minimum atomic E-state index is -0.135. The van der Waals surface area contributed by atoms with Gasteiger partial charge in [0.15, 0.2) is 5.82 Å². The van der Waals surface area contributed by atoms with Gasteiger partial charge in [-0.3, -0.25) is 0 Å². The maximum atomic E-state index is 5.43. The number of rotatable bonds is 5. The number of benzene rings is 8. The third-order valence-corrected chi connectivity index (χ3v) is 11.9. The average Bonchev–Trinajstić information content (AvgIpc) is 3.49. The molecule has 0 radical (unpaired) electrons. The van der Waals surface area contributed by atoms with Crippen LogP contribution in [0.25, 0.3) is 99.9 Å². The van der Waals surface area contributed by atoms with Crippen LogP contribution in [0.1, 0.15) is 25.0 Å². The third kappa shape index (κ3) is 5.46. The van der Waals surface area contributed by atoms with Crippen LogP contribution in [0.4, 0.5) is 0 Å². The molecule has 0 spiro atoms. The summed E-state index contributed by atoms with van der Waals surface area (Å²) < 4.78 is 0. The molecule has 2 aromatic heterocycles. The molecule has 11 rings (SSSR count). The van der Waals surface area contributed by atoms with Crippen LogP contribution in [0.15, 0.2) is 188 Å². The zero-order valence-electron chi connectivity index (χ0n) is 31.7. The Bertz CT molecular complexity index is 3200. The van der Waals surface area contributed by atoms with Crippen molar-refractivity contribution in [2.75, 3.05) is 0 Å². The van der Waals surface area contributed by atoms with Crippen LogP contribution in [0.5, 0.6) is 0 Å². The summed E-state index contributed by atoms with van der Waals surface area (Å²) in [7, 11) is 0. The fourth-order valence-corrected chi connectivity index (χ4v) is 8.98. The van der Waals surface area contributed by atoms with Gasteiger partial charge < -0.3 is 0 Å². The number of hydrogen-bond donors (Lipinski definition) is 0. The fourth-order valence-electron chi connectivity index (χ4n) is 8.98. The van der Waals surface area contributed by atoms with Crippen LogP contribution in [0, 0.1) is 0 Å². The molecule has 10 aromatic rings. The second-order valence-corrected chi connectivity index (χ2v) is 15.6.